The predicted molar refractivity (Wildman–Crippen MR) is 217 cm³/mol. The minimum absolute atomic E-state index is 0.0167. The summed E-state index contributed by atoms with van der Waals surface area (Å²) in [6.07, 6.45) is 6.58. The van der Waals surface area contributed by atoms with Crippen LogP contribution in [0.25, 0.3) is 0 Å². The van der Waals surface area contributed by atoms with E-state index in [1.165, 1.54) is 25.9 Å². The Morgan fingerprint density at radius 3 is 2.32 bits per heavy atom. The molecule has 15 atom stereocenters. The number of amides is 1. The summed E-state index contributed by atoms with van der Waals surface area (Å²) in [4.78, 5) is 20.0. The number of aliphatic hydroxyl groups excluding tert-OH is 1. The van der Waals surface area contributed by atoms with Crippen LogP contribution in [-0.2, 0) is 18.9 Å². The number of nitrogens with zero attached hydrogens (tertiary/aromatic N) is 3. The van der Waals surface area contributed by atoms with Crippen LogP contribution in [0, 0.1) is 63.1 Å². The summed E-state index contributed by atoms with van der Waals surface area (Å²) >= 11 is 0. The molecule has 4 saturated heterocycles. The molecule has 4 heterocycles. The largest absolute Gasteiger partial charge is 0.443 e. The van der Waals surface area contributed by atoms with E-state index in [-0.39, 0.29) is 81.8 Å². The molecule has 4 aliphatic heterocycles. The lowest BCUT2D eigenvalue weighted by Crippen LogP contribution is -2.70. The molecule has 10 heteroatoms. The van der Waals surface area contributed by atoms with Crippen molar-refractivity contribution in [3.8, 4) is 0 Å². The molecule has 3 N–H and O–H groups in total. The number of hydrogen-bond acceptors (Lipinski definition) is 9. The maximum atomic E-state index is 13.0. The fraction of sp³-hybridized carbons (Fsp3) is 0.978. The number of rotatable bonds is 7. The molecule has 2 spiro atoms. The van der Waals surface area contributed by atoms with Crippen LogP contribution in [0.5, 0.6) is 0 Å². The van der Waals surface area contributed by atoms with Crippen LogP contribution >= 0.6 is 0 Å². The van der Waals surface area contributed by atoms with Crippen molar-refractivity contribution >= 4 is 6.09 Å². The van der Waals surface area contributed by atoms with Crippen molar-refractivity contribution in [1.82, 2.24) is 14.7 Å². The number of aliphatic hydroxyl groups is 1. The summed E-state index contributed by atoms with van der Waals surface area (Å²) in [7, 11) is 0. The van der Waals surface area contributed by atoms with Crippen molar-refractivity contribution in [2.24, 2.45) is 68.8 Å². The highest BCUT2D eigenvalue weighted by molar-refractivity contribution is 5.68. The molecular formula is C46H78N4O6. The first-order chi connectivity index (χ1) is 26.3. The summed E-state index contributed by atoms with van der Waals surface area (Å²) < 4.78 is 26.6. The van der Waals surface area contributed by atoms with Crippen molar-refractivity contribution < 1.29 is 28.8 Å². The second-order valence-corrected chi connectivity index (χ2v) is 23.1. The molecule has 9 aliphatic rings. The van der Waals surface area contributed by atoms with Crippen LogP contribution < -0.4 is 5.73 Å². The van der Waals surface area contributed by atoms with Crippen LogP contribution in [0.3, 0.4) is 0 Å². The average molecular weight is 783 g/mol. The van der Waals surface area contributed by atoms with Crippen molar-refractivity contribution in [2.75, 3.05) is 52.4 Å². The van der Waals surface area contributed by atoms with Gasteiger partial charge in [0.2, 0.25) is 0 Å². The summed E-state index contributed by atoms with van der Waals surface area (Å²) in [6.45, 7) is 31.2. The van der Waals surface area contributed by atoms with Gasteiger partial charge in [-0.15, -0.1) is 0 Å². The third-order valence-corrected chi connectivity index (χ3v) is 19.2. The third-order valence-electron chi connectivity index (χ3n) is 19.2. The topological polar surface area (TPSA) is 110 Å². The Labute approximate surface area is 338 Å². The Hall–Kier alpha value is -1.01. The molecule has 1 amide bonds. The summed E-state index contributed by atoms with van der Waals surface area (Å²) in [6, 6.07) is 0. The van der Waals surface area contributed by atoms with Gasteiger partial charge < -0.3 is 34.7 Å². The van der Waals surface area contributed by atoms with E-state index in [9.17, 15) is 9.90 Å². The molecule has 0 aromatic carbocycles. The second kappa shape index (κ2) is 13.5. The monoisotopic (exact) mass is 783 g/mol. The lowest BCUT2D eigenvalue weighted by atomic mass is 9.43. The van der Waals surface area contributed by atoms with Gasteiger partial charge in [0.1, 0.15) is 6.10 Å². The molecule has 0 aromatic heterocycles. The smallest absolute Gasteiger partial charge is 0.410 e. The van der Waals surface area contributed by atoms with Gasteiger partial charge in [0.05, 0.1) is 36.6 Å². The Morgan fingerprint density at radius 2 is 1.66 bits per heavy atom. The van der Waals surface area contributed by atoms with Gasteiger partial charge in [-0.3, -0.25) is 9.80 Å². The zero-order valence-corrected chi connectivity index (χ0v) is 36.7. The number of likely N-dealkylation sites (tertiary alicyclic amines) is 2. The first kappa shape index (κ1) is 40.4. The highest BCUT2D eigenvalue weighted by Gasteiger charge is 2.88. The van der Waals surface area contributed by atoms with Crippen LogP contribution in [0.1, 0.15) is 121 Å². The number of carbonyl (C=O) groups is 1. The standard InChI is InChI=1S/C46H78N4O6/c1-27(2)37(56-40(52)49-18-11-19-49)31-22-28(3)36-38(54-31)39(51)46(47)33-13-12-32-42(8,9)34(14-15-44(32)29(4)45(33,44)17-16-43(36,46)10)55-35-26-48(20-21-53-35)23-30-24-50(25-30)41(5,6)7/h27-39,51H,11-26,47H2,1-10H3/t28-,29-,31?,32+,33?,34+,35+,36+,37-,38?,39+,43-,44-,45+,46+/m1/s1. The predicted octanol–water partition coefficient (Wildman–Crippen LogP) is 6.38. The molecule has 3 unspecified atom stereocenters. The summed E-state index contributed by atoms with van der Waals surface area (Å²) in [5, 5.41) is 12.7. The SMILES string of the molecule is CC(C)[C@@H](OC(=O)N1CCC1)C1C[C@@H](C)[C@H]2C(O1)[C@H](O)[C@@]1(N)C3CC[C@H]4C(C)(C)[C@@H](O[C@H]5CN(CC6CN(C(C)(C)C)C6)CCO5)CC[C@@]45[C@@H](C)[C@@]35CC[C@]21C. The van der Waals surface area contributed by atoms with Crippen LogP contribution in [0.4, 0.5) is 4.79 Å². The van der Waals surface area contributed by atoms with Gasteiger partial charge in [0.15, 0.2) is 6.29 Å². The molecule has 318 valence electrons. The number of fused-ring (bicyclic) bond motifs is 4. The second-order valence-electron chi connectivity index (χ2n) is 23.1. The Morgan fingerprint density at radius 1 is 0.964 bits per heavy atom. The molecule has 56 heavy (non-hydrogen) atoms. The van der Waals surface area contributed by atoms with Gasteiger partial charge in [-0.05, 0) is 135 Å². The fourth-order valence-corrected chi connectivity index (χ4v) is 16.2. The van der Waals surface area contributed by atoms with E-state index in [2.05, 4.69) is 79.0 Å². The molecule has 0 aromatic rings. The molecule has 0 radical (unpaired) electrons. The van der Waals surface area contributed by atoms with Crippen molar-refractivity contribution in [1.29, 1.82) is 0 Å². The molecule has 5 saturated carbocycles. The lowest BCUT2D eigenvalue weighted by Gasteiger charge is -2.63. The number of ether oxygens (including phenoxy) is 4. The van der Waals surface area contributed by atoms with Crippen LogP contribution in [-0.4, -0.2) is 126 Å². The van der Waals surface area contributed by atoms with Crippen molar-refractivity contribution in [3.63, 3.8) is 0 Å². The van der Waals surface area contributed by atoms with Gasteiger partial charge in [0, 0.05) is 51.4 Å². The summed E-state index contributed by atoms with van der Waals surface area (Å²) in [5.74, 6) is 2.71. The van der Waals surface area contributed by atoms with Gasteiger partial charge in [-0.25, -0.2) is 4.79 Å². The molecule has 5 aliphatic carbocycles. The lowest BCUT2D eigenvalue weighted by molar-refractivity contribution is -0.247. The number of hydrogen-bond donors (Lipinski definition) is 2. The number of morpholine rings is 1. The zero-order chi connectivity index (χ0) is 40.0. The van der Waals surface area contributed by atoms with Gasteiger partial charge in [-0.1, -0.05) is 48.5 Å². The fourth-order valence-electron chi connectivity index (χ4n) is 16.2. The van der Waals surface area contributed by atoms with Crippen molar-refractivity contribution in [2.45, 2.75) is 168 Å². The first-order valence-corrected chi connectivity index (χ1v) is 23.1. The molecule has 10 nitrogen and oxygen atoms in total. The zero-order valence-electron chi connectivity index (χ0n) is 36.7. The highest BCUT2D eigenvalue weighted by Crippen LogP contribution is 2.90. The van der Waals surface area contributed by atoms with E-state index < -0.39 is 11.6 Å². The summed E-state index contributed by atoms with van der Waals surface area (Å²) in [5.41, 5.74) is 7.67. The van der Waals surface area contributed by atoms with Gasteiger partial charge in [-0.2, -0.15) is 0 Å². The van der Waals surface area contributed by atoms with Gasteiger partial charge in [0.25, 0.3) is 0 Å². The Kier molecular flexibility index (Phi) is 9.74. The minimum atomic E-state index is -0.749. The van der Waals surface area contributed by atoms with E-state index in [1.54, 1.807) is 4.90 Å². The molecule has 9 rings (SSSR count). The van der Waals surface area contributed by atoms with E-state index in [0.717, 1.165) is 83.8 Å². The minimum Gasteiger partial charge on any atom is -0.443 e. The quantitative estimate of drug-likeness (QED) is 0.304. The maximum absolute atomic E-state index is 13.0. The molecule has 0 bridgehead atoms. The average Bonchev–Trinajstić information content (AvgIpc) is 3.55. The van der Waals surface area contributed by atoms with Crippen LogP contribution in [0.2, 0.25) is 0 Å². The maximum Gasteiger partial charge on any atom is 0.410 e. The third kappa shape index (κ3) is 5.53. The highest BCUT2D eigenvalue weighted by atomic mass is 16.7. The number of carbonyl (C=O) groups excluding carboxylic acids is 1. The Bertz CT molecular complexity index is 1510. The molecule has 9 fully saturated rings. The Balaban J connectivity index is 0.901. The first-order valence-electron chi connectivity index (χ1n) is 23.1. The van der Waals surface area contributed by atoms with Crippen molar-refractivity contribution in [3.05, 3.63) is 0 Å². The van der Waals surface area contributed by atoms with Gasteiger partial charge >= 0.3 is 6.09 Å². The van der Waals surface area contributed by atoms with E-state index in [1.807, 2.05) is 0 Å². The van der Waals surface area contributed by atoms with E-state index in [4.69, 9.17) is 24.7 Å². The van der Waals surface area contributed by atoms with E-state index >= 15 is 0 Å². The molecular weight excluding hydrogens is 705 g/mol. The normalized spacial score (nSPS) is 49.4. The van der Waals surface area contributed by atoms with Crippen LogP contribution in [0.15, 0.2) is 0 Å². The van der Waals surface area contributed by atoms with E-state index in [0.29, 0.717) is 17.8 Å². The number of nitrogens with two attached hydrogens (primary N) is 1.